The minimum absolute atomic E-state index is 0.0240. The molecule has 1 aliphatic rings. The van der Waals surface area contributed by atoms with Crippen LogP contribution in [0.4, 0.5) is 5.82 Å². The molecule has 152 valence electrons. The van der Waals surface area contributed by atoms with Crippen LogP contribution >= 0.6 is 11.3 Å². The molecule has 2 unspecified atom stereocenters. The number of morpholine rings is 1. The van der Waals surface area contributed by atoms with E-state index in [1.54, 1.807) is 23.7 Å². The molecule has 0 amide bonds. The lowest BCUT2D eigenvalue weighted by atomic mass is 10.0. The summed E-state index contributed by atoms with van der Waals surface area (Å²) in [6.45, 7) is 1.91. The van der Waals surface area contributed by atoms with Crippen molar-refractivity contribution in [1.82, 2.24) is 15.0 Å². The maximum absolute atomic E-state index is 10.8. The number of aromatic nitrogens is 3. The van der Waals surface area contributed by atoms with Gasteiger partial charge < -0.3 is 14.7 Å². The van der Waals surface area contributed by atoms with E-state index in [-0.39, 0.29) is 6.04 Å². The Hall–Kier alpha value is -2.87. The lowest BCUT2D eigenvalue weighted by Gasteiger charge is -2.38. The Balaban J connectivity index is 1.55. The van der Waals surface area contributed by atoms with Crippen molar-refractivity contribution < 1.29 is 9.84 Å². The molecule has 3 aromatic heterocycles. The molecule has 0 aliphatic carbocycles. The van der Waals surface area contributed by atoms with E-state index in [2.05, 4.69) is 16.0 Å². The average Bonchev–Trinajstić information content (AvgIpc) is 3.35. The number of nitrogens with zero attached hydrogens (tertiary/aromatic N) is 4. The van der Waals surface area contributed by atoms with E-state index in [1.165, 1.54) is 0 Å². The first kappa shape index (κ1) is 19.1. The van der Waals surface area contributed by atoms with Crippen LogP contribution in [0.15, 0.2) is 66.3 Å². The molecule has 30 heavy (non-hydrogen) atoms. The molecule has 4 aromatic rings. The third kappa shape index (κ3) is 3.79. The van der Waals surface area contributed by atoms with Crippen molar-refractivity contribution in [3.8, 4) is 11.4 Å². The van der Waals surface area contributed by atoms with Crippen LogP contribution in [0.25, 0.3) is 22.3 Å². The van der Waals surface area contributed by atoms with Crippen LogP contribution in [0.3, 0.4) is 0 Å². The van der Waals surface area contributed by atoms with Crippen molar-refractivity contribution in [2.45, 2.75) is 18.6 Å². The third-order valence-electron chi connectivity index (χ3n) is 5.37. The average molecular weight is 419 g/mol. The van der Waals surface area contributed by atoms with Gasteiger partial charge in [-0.05, 0) is 35.7 Å². The molecular formula is C23H22N4O2S. The van der Waals surface area contributed by atoms with Crippen molar-refractivity contribution >= 4 is 28.1 Å². The highest BCUT2D eigenvalue weighted by molar-refractivity contribution is 7.10. The molecule has 1 fully saturated rings. The van der Waals surface area contributed by atoms with Gasteiger partial charge in [-0.15, -0.1) is 11.3 Å². The molecule has 1 saturated heterocycles. The SMILES string of the molecule is OC(CC1COCCN1c1nc(-c2cccnc2)nc2ccccc12)c1cccs1. The largest absolute Gasteiger partial charge is 0.387 e. The Bertz CT molecular complexity index is 1120. The number of para-hydroxylation sites is 1. The molecule has 6 nitrogen and oxygen atoms in total. The smallest absolute Gasteiger partial charge is 0.163 e. The first-order chi connectivity index (χ1) is 14.8. The molecular weight excluding hydrogens is 396 g/mol. The summed E-state index contributed by atoms with van der Waals surface area (Å²) in [4.78, 5) is 17.2. The van der Waals surface area contributed by atoms with Crippen LogP contribution in [-0.2, 0) is 4.74 Å². The van der Waals surface area contributed by atoms with E-state index in [1.807, 2.05) is 47.8 Å². The van der Waals surface area contributed by atoms with E-state index in [0.717, 1.165) is 33.7 Å². The van der Waals surface area contributed by atoms with Gasteiger partial charge >= 0.3 is 0 Å². The Labute approximate surface area is 178 Å². The zero-order valence-electron chi connectivity index (χ0n) is 16.4. The third-order valence-corrected chi connectivity index (χ3v) is 6.34. The van der Waals surface area contributed by atoms with E-state index >= 15 is 0 Å². The summed E-state index contributed by atoms with van der Waals surface area (Å²) in [6, 6.07) is 15.9. The van der Waals surface area contributed by atoms with Crippen LogP contribution in [0, 0.1) is 0 Å². The topological polar surface area (TPSA) is 71.4 Å². The molecule has 1 aromatic carbocycles. The number of ether oxygens (including phenoxy) is 1. The summed E-state index contributed by atoms with van der Waals surface area (Å²) in [5.74, 6) is 1.53. The van der Waals surface area contributed by atoms with Gasteiger partial charge in [-0.25, -0.2) is 9.97 Å². The van der Waals surface area contributed by atoms with E-state index in [0.29, 0.717) is 25.5 Å². The molecule has 5 rings (SSSR count). The quantitative estimate of drug-likeness (QED) is 0.527. The lowest BCUT2D eigenvalue weighted by Crippen LogP contribution is -2.46. The molecule has 0 radical (unpaired) electrons. The van der Waals surface area contributed by atoms with Crippen LogP contribution in [0.2, 0.25) is 0 Å². The van der Waals surface area contributed by atoms with Gasteiger partial charge in [0.05, 0.1) is 30.9 Å². The van der Waals surface area contributed by atoms with Gasteiger partial charge in [-0.1, -0.05) is 18.2 Å². The number of benzene rings is 1. The van der Waals surface area contributed by atoms with Crippen LogP contribution in [-0.4, -0.2) is 45.9 Å². The molecule has 1 N–H and O–H groups in total. The van der Waals surface area contributed by atoms with Crippen molar-refractivity contribution in [2.75, 3.05) is 24.7 Å². The standard InChI is InChI=1S/C23H22N4O2S/c28-20(21-8-4-12-30-21)13-17-15-29-11-10-27(17)23-18-6-1-2-7-19(18)25-22(26-23)16-5-3-9-24-14-16/h1-9,12,14,17,20,28H,10-11,13,15H2. The highest BCUT2D eigenvalue weighted by atomic mass is 32.1. The predicted octanol–water partition coefficient (Wildman–Crippen LogP) is 4.08. The normalized spacial score (nSPS) is 17.9. The maximum Gasteiger partial charge on any atom is 0.163 e. The van der Waals surface area contributed by atoms with Crippen molar-refractivity contribution in [3.05, 3.63) is 71.2 Å². The second-order valence-electron chi connectivity index (χ2n) is 7.32. The second-order valence-corrected chi connectivity index (χ2v) is 8.30. The Morgan fingerprint density at radius 3 is 2.90 bits per heavy atom. The number of thiophene rings is 1. The molecule has 2 atom stereocenters. The molecule has 0 bridgehead atoms. The van der Waals surface area contributed by atoms with Gasteiger partial charge in [0, 0.05) is 41.2 Å². The van der Waals surface area contributed by atoms with Gasteiger partial charge in [0.15, 0.2) is 5.82 Å². The summed E-state index contributed by atoms with van der Waals surface area (Å²) < 4.78 is 5.78. The number of hydrogen-bond donors (Lipinski definition) is 1. The van der Waals surface area contributed by atoms with Gasteiger partial charge in [0.1, 0.15) is 5.82 Å². The molecule has 4 heterocycles. The summed E-state index contributed by atoms with van der Waals surface area (Å²) in [7, 11) is 0. The number of fused-ring (bicyclic) bond motifs is 1. The monoisotopic (exact) mass is 418 g/mol. The van der Waals surface area contributed by atoms with Gasteiger partial charge in [0.25, 0.3) is 0 Å². The molecule has 7 heteroatoms. The molecule has 0 spiro atoms. The zero-order valence-corrected chi connectivity index (χ0v) is 17.2. The minimum atomic E-state index is -0.523. The summed E-state index contributed by atoms with van der Waals surface area (Å²) >= 11 is 1.58. The number of rotatable bonds is 5. The van der Waals surface area contributed by atoms with Crippen LogP contribution in [0.5, 0.6) is 0 Å². The van der Waals surface area contributed by atoms with Crippen molar-refractivity contribution in [2.24, 2.45) is 0 Å². The highest BCUT2D eigenvalue weighted by Crippen LogP contribution is 2.32. The number of aliphatic hydroxyl groups is 1. The Morgan fingerprint density at radius 2 is 2.07 bits per heavy atom. The first-order valence-corrected chi connectivity index (χ1v) is 10.9. The first-order valence-electron chi connectivity index (χ1n) is 10.0. The van der Waals surface area contributed by atoms with E-state index in [9.17, 15) is 5.11 Å². The second kappa shape index (κ2) is 8.47. The number of hydrogen-bond acceptors (Lipinski definition) is 7. The predicted molar refractivity (Wildman–Crippen MR) is 119 cm³/mol. The fraction of sp³-hybridized carbons (Fsp3) is 0.261. The summed E-state index contributed by atoms with van der Waals surface area (Å²) in [5, 5.41) is 13.8. The number of anilines is 1. The van der Waals surface area contributed by atoms with E-state index < -0.39 is 6.10 Å². The van der Waals surface area contributed by atoms with Crippen molar-refractivity contribution in [3.63, 3.8) is 0 Å². The van der Waals surface area contributed by atoms with Gasteiger partial charge in [0.2, 0.25) is 0 Å². The van der Waals surface area contributed by atoms with Gasteiger partial charge in [-0.2, -0.15) is 0 Å². The van der Waals surface area contributed by atoms with Crippen LogP contribution < -0.4 is 4.90 Å². The Kier molecular flexibility index (Phi) is 5.40. The number of pyridine rings is 1. The Morgan fingerprint density at radius 1 is 1.13 bits per heavy atom. The lowest BCUT2D eigenvalue weighted by molar-refractivity contribution is 0.0686. The molecule has 0 saturated carbocycles. The zero-order chi connectivity index (χ0) is 20.3. The number of aliphatic hydroxyl groups excluding tert-OH is 1. The minimum Gasteiger partial charge on any atom is -0.387 e. The summed E-state index contributed by atoms with van der Waals surface area (Å²) in [5.41, 5.74) is 1.78. The fourth-order valence-electron chi connectivity index (χ4n) is 3.89. The van der Waals surface area contributed by atoms with Crippen molar-refractivity contribution in [1.29, 1.82) is 0 Å². The summed E-state index contributed by atoms with van der Waals surface area (Å²) in [6.07, 6.45) is 3.59. The van der Waals surface area contributed by atoms with Gasteiger partial charge in [-0.3, -0.25) is 4.98 Å². The fourth-order valence-corrected chi connectivity index (χ4v) is 4.61. The highest BCUT2D eigenvalue weighted by Gasteiger charge is 2.29. The molecule has 1 aliphatic heterocycles. The van der Waals surface area contributed by atoms with E-state index in [4.69, 9.17) is 14.7 Å². The maximum atomic E-state index is 10.8. The van der Waals surface area contributed by atoms with Crippen LogP contribution in [0.1, 0.15) is 17.4 Å².